The van der Waals surface area contributed by atoms with E-state index >= 15 is 0 Å². The van der Waals surface area contributed by atoms with E-state index in [0.29, 0.717) is 5.57 Å². The predicted octanol–water partition coefficient (Wildman–Crippen LogP) is 2.37. The number of carbonyl (C=O) groups excluding carboxylic acids is 2. The zero-order chi connectivity index (χ0) is 15.2. The summed E-state index contributed by atoms with van der Waals surface area (Å²) in [5, 5.41) is 5.45. The molecule has 0 aromatic heterocycles. The Labute approximate surface area is 115 Å². The summed E-state index contributed by atoms with van der Waals surface area (Å²) < 4.78 is 5.14. The Morgan fingerprint density at radius 2 is 1.63 bits per heavy atom. The summed E-state index contributed by atoms with van der Waals surface area (Å²) in [6.45, 7) is 12.7. The highest BCUT2D eigenvalue weighted by Gasteiger charge is 2.17. The molecule has 0 aromatic carbocycles. The quantitative estimate of drug-likeness (QED) is 0.771. The molecule has 0 aliphatic heterocycles. The molecule has 0 heterocycles. The van der Waals surface area contributed by atoms with Crippen LogP contribution in [0.25, 0.3) is 0 Å². The van der Waals surface area contributed by atoms with Gasteiger partial charge in [-0.05, 0) is 48.5 Å². The molecule has 2 amide bonds. The number of alkyl carbamates (subject to hydrolysis) is 1. The summed E-state index contributed by atoms with van der Waals surface area (Å²) in [6.07, 6.45) is 1.20. The molecule has 19 heavy (non-hydrogen) atoms. The van der Waals surface area contributed by atoms with Crippen LogP contribution in [0.4, 0.5) is 4.79 Å². The minimum atomic E-state index is -0.530. The monoisotopic (exact) mass is 270 g/mol. The van der Waals surface area contributed by atoms with Crippen molar-refractivity contribution < 1.29 is 14.3 Å². The van der Waals surface area contributed by atoms with E-state index in [4.69, 9.17) is 4.74 Å². The SMILES string of the molecule is C/C(=C\[C@H](C)NC(=O)OC(C)(C)C)C(=O)NC(C)C. The number of hydrogen-bond donors (Lipinski definition) is 2. The number of ether oxygens (including phenoxy) is 1. The zero-order valence-electron chi connectivity index (χ0n) is 13.0. The van der Waals surface area contributed by atoms with Crippen LogP contribution in [0.2, 0.25) is 0 Å². The third-order valence-electron chi connectivity index (χ3n) is 2.02. The molecule has 0 aromatic rings. The van der Waals surface area contributed by atoms with E-state index in [2.05, 4.69) is 10.6 Å². The molecule has 0 radical (unpaired) electrons. The van der Waals surface area contributed by atoms with Crippen LogP contribution in [0.15, 0.2) is 11.6 Å². The second kappa shape index (κ2) is 7.16. The summed E-state index contributed by atoms with van der Waals surface area (Å²) in [5.41, 5.74) is 0.0367. The van der Waals surface area contributed by atoms with Gasteiger partial charge < -0.3 is 15.4 Å². The van der Waals surface area contributed by atoms with Gasteiger partial charge >= 0.3 is 6.09 Å². The zero-order valence-corrected chi connectivity index (χ0v) is 13.0. The standard InChI is InChI=1S/C14H26N2O3/c1-9(2)15-12(17)10(3)8-11(4)16-13(18)19-14(5,6)7/h8-9,11H,1-7H3,(H,15,17)(H,16,18)/b10-8+/t11-/m0/s1. The smallest absolute Gasteiger partial charge is 0.408 e. The molecule has 2 N–H and O–H groups in total. The molecule has 0 saturated carbocycles. The molecule has 1 atom stereocenters. The van der Waals surface area contributed by atoms with E-state index in [-0.39, 0.29) is 18.0 Å². The van der Waals surface area contributed by atoms with Gasteiger partial charge in [0.2, 0.25) is 5.91 Å². The number of carbonyl (C=O) groups is 2. The molecule has 0 unspecified atom stereocenters. The Bertz CT molecular complexity index is 354. The fourth-order valence-corrected chi connectivity index (χ4v) is 1.36. The maximum atomic E-state index is 11.7. The normalized spacial score (nSPS) is 14.0. The minimum Gasteiger partial charge on any atom is -0.444 e. The van der Waals surface area contributed by atoms with Gasteiger partial charge in [0.15, 0.2) is 0 Å². The van der Waals surface area contributed by atoms with Crippen LogP contribution in [-0.2, 0) is 9.53 Å². The maximum Gasteiger partial charge on any atom is 0.408 e. The van der Waals surface area contributed by atoms with Crippen molar-refractivity contribution in [1.82, 2.24) is 10.6 Å². The van der Waals surface area contributed by atoms with Gasteiger partial charge in [-0.1, -0.05) is 6.08 Å². The maximum absolute atomic E-state index is 11.7. The van der Waals surface area contributed by atoms with Crippen molar-refractivity contribution in [3.8, 4) is 0 Å². The van der Waals surface area contributed by atoms with Crippen LogP contribution in [0.1, 0.15) is 48.5 Å². The summed E-state index contributed by atoms with van der Waals surface area (Å²) in [5.74, 6) is -0.132. The lowest BCUT2D eigenvalue weighted by atomic mass is 10.2. The Hall–Kier alpha value is -1.52. The fourth-order valence-electron chi connectivity index (χ4n) is 1.36. The summed E-state index contributed by atoms with van der Waals surface area (Å²) in [4.78, 5) is 23.2. The van der Waals surface area contributed by atoms with Crippen molar-refractivity contribution in [1.29, 1.82) is 0 Å². The molecule has 0 rings (SSSR count). The van der Waals surface area contributed by atoms with E-state index in [1.807, 2.05) is 13.8 Å². The molecule has 0 bridgehead atoms. The van der Waals surface area contributed by atoms with Crippen molar-refractivity contribution in [2.24, 2.45) is 0 Å². The van der Waals surface area contributed by atoms with Crippen LogP contribution < -0.4 is 10.6 Å². The van der Waals surface area contributed by atoms with Gasteiger partial charge in [-0.3, -0.25) is 4.79 Å². The van der Waals surface area contributed by atoms with Crippen molar-refractivity contribution in [3.63, 3.8) is 0 Å². The van der Waals surface area contributed by atoms with E-state index < -0.39 is 11.7 Å². The predicted molar refractivity (Wildman–Crippen MR) is 75.9 cm³/mol. The van der Waals surface area contributed by atoms with E-state index in [1.165, 1.54) is 0 Å². The number of rotatable bonds is 4. The third-order valence-corrected chi connectivity index (χ3v) is 2.02. The van der Waals surface area contributed by atoms with Gasteiger partial charge in [-0.25, -0.2) is 4.79 Å². The van der Waals surface area contributed by atoms with Gasteiger partial charge in [0.1, 0.15) is 5.60 Å². The summed E-state index contributed by atoms with van der Waals surface area (Å²) >= 11 is 0. The molecule has 0 saturated heterocycles. The van der Waals surface area contributed by atoms with Crippen molar-refractivity contribution in [2.75, 3.05) is 0 Å². The average molecular weight is 270 g/mol. The first kappa shape index (κ1) is 17.5. The largest absolute Gasteiger partial charge is 0.444 e. The van der Waals surface area contributed by atoms with Crippen LogP contribution in [0.5, 0.6) is 0 Å². The van der Waals surface area contributed by atoms with Crippen molar-refractivity contribution in [2.45, 2.75) is 66.2 Å². The molecular formula is C14H26N2O3. The fraction of sp³-hybridized carbons (Fsp3) is 0.714. The van der Waals surface area contributed by atoms with Gasteiger partial charge in [0.25, 0.3) is 0 Å². The lowest BCUT2D eigenvalue weighted by Gasteiger charge is -2.21. The molecule has 0 aliphatic carbocycles. The van der Waals surface area contributed by atoms with Crippen LogP contribution in [0, 0.1) is 0 Å². The molecule has 0 spiro atoms. The third kappa shape index (κ3) is 9.11. The molecule has 0 aliphatic rings. The molecule has 110 valence electrons. The second-order valence-corrected chi connectivity index (χ2v) is 5.91. The molecular weight excluding hydrogens is 244 g/mol. The highest BCUT2D eigenvalue weighted by atomic mass is 16.6. The first-order valence-electron chi connectivity index (χ1n) is 6.50. The van der Waals surface area contributed by atoms with Crippen molar-refractivity contribution in [3.05, 3.63) is 11.6 Å². The Morgan fingerprint density at radius 3 is 2.05 bits per heavy atom. The molecule has 0 fully saturated rings. The van der Waals surface area contributed by atoms with E-state index in [0.717, 1.165) is 0 Å². The molecule has 5 heteroatoms. The summed E-state index contributed by atoms with van der Waals surface area (Å²) in [7, 11) is 0. The number of amides is 2. The first-order valence-corrected chi connectivity index (χ1v) is 6.50. The Morgan fingerprint density at radius 1 is 1.11 bits per heavy atom. The summed E-state index contributed by atoms with van der Waals surface area (Å²) in [6, 6.07) is -0.183. The Kier molecular flexibility index (Phi) is 6.59. The number of hydrogen-bond acceptors (Lipinski definition) is 3. The lowest BCUT2D eigenvalue weighted by molar-refractivity contribution is -0.117. The highest BCUT2D eigenvalue weighted by molar-refractivity contribution is 5.93. The van der Waals surface area contributed by atoms with Crippen molar-refractivity contribution >= 4 is 12.0 Å². The molecule has 5 nitrogen and oxygen atoms in total. The average Bonchev–Trinajstić information content (AvgIpc) is 2.11. The van der Waals surface area contributed by atoms with Gasteiger partial charge in [-0.15, -0.1) is 0 Å². The topological polar surface area (TPSA) is 67.4 Å². The van der Waals surface area contributed by atoms with Gasteiger partial charge in [-0.2, -0.15) is 0 Å². The minimum absolute atomic E-state index is 0.0879. The Balaban J connectivity index is 4.40. The van der Waals surface area contributed by atoms with E-state index in [1.54, 1.807) is 40.7 Å². The second-order valence-electron chi connectivity index (χ2n) is 5.91. The van der Waals surface area contributed by atoms with Crippen LogP contribution in [-0.4, -0.2) is 29.7 Å². The lowest BCUT2D eigenvalue weighted by Crippen LogP contribution is -2.37. The number of nitrogens with one attached hydrogen (secondary N) is 2. The first-order chi connectivity index (χ1) is 8.51. The highest BCUT2D eigenvalue weighted by Crippen LogP contribution is 2.07. The van der Waals surface area contributed by atoms with Gasteiger partial charge in [0.05, 0.1) is 0 Å². The van der Waals surface area contributed by atoms with Crippen LogP contribution in [0.3, 0.4) is 0 Å². The van der Waals surface area contributed by atoms with E-state index in [9.17, 15) is 9.59 Å². The van der Waals surface area contributed by atoms with Gasteiger partial charge in [0, 0.05) is 17.7 Å². The van der Waals surface area contributed by atoms with Crippen LogP contribution >= 0.6 is 0 Å².